The molecule has 0 radical (unpaired) electrons. The lowest BCUT2D eigenvalue weighted by Gasteiger charge is -2.22. The average molecular weight is 259 g/mol. The molecule has 0 atom stereocenters. The molecule has 0 spiro atoms. The molecular weight excluding hydrogens is 234 g/mol. The summed E-state index contributed by atoms with van der Waals surface area (Å²) in [6.07, 6.45) is 0. The van der Waals surface area contributed by atoms with Crippen LogP contribution in [0.4, 0.5) is 0 Å². The summed E-state index contributed by atoms with van der Waals surface area (Å²) in [6, 6.07) is 8.76. The molecule has 104 valence electrons. The van der Waals surface area contributed by atoms with Crippen LogP contribution < -0.4 is 0 Å². The van der Waals surface area contributed by atoms with Gasteiger partial charge in [0.1, 0.15) is 6.73 Å². The van der Waals surface area contributed by atoms with Crippen molar-refractivity contribution in [3.8, 4) is 0 Å². The predicted octanol–water partition coefficient (Wildman–Crippen LogP) is 4.19. The van der Waals surface area contributed by atoms with Gasteiger partial charge in [0.05, 0.1) is 5.52 Å². The van der Waals surface area contributed by atoms with E-state index in [9.17, 15) is 5.11 Å². The van der Waals surface area contributed by atoms with Crippen molar-refractivity contribution >= 4 is 10.9 Å². The summed E-state index contributed by atoms with van der Waals surface area (Å²) in [6.45, 7) is 13.2. The Labute approximate surface area is 116 Å². The van der Waals surface area contributed by atoms with Crippen LogP contribution in [-0.2, 0) is 17.6 Å². The Bertz CT molecular complexity index is 594. The van der Waals surface area contributed by atoms with E-state index in [2.05, 4.69) is 65.8 Å². The van der Waals surface area contributed by atoms with E-state index in [0.29, 0.717) is 0 Å². The molecule has 0 aliphatic rings. The summed E-state index contributed by atoms with van der Waals surface area (Å²) in [5.74, 6) is 0. The van der Waals surface area contributed by atoms with Crippen LogP contribution in [0.25, 0.3) is 10.9 Å². The van der Waals surface area contributed by atoms with Gasteiger partial charge >= 0.3 is 0 Å². The monoisotopic (exact) mass is 259 g/mol. The Hall–Kier alpha value is -1.28. The van der Waals surface area contributed by atoms with Crippen LogP contribution >= 0.6 is 0 Å². The number of rotatable bonds is 1. The van der Waals surface area contributed by atoms with Crippen LogP contribution in [0.5, 0.6) is 0 Å². The molecule has 0 unspecified atom stereocenters. The first-order valence-electron chi connectivity index (χ1n) is 6.90. The Morgan fingerprint density at radius 1 is 0.947 bits per heavy atom. The summed E-state index contributed by atoms with van der Waals surface area (Å²) >= 11 is 0. The summed E-state index contributed by atoms with van der Waals surface area (Å²) in [5, 5.41) is 10.9. The van der Waals surface area contributed by atoms with Crippen LogP contribution in [0.3, 0.4) is 0 Å². The number of benzene rings is 1. The number of nitrogens with zero attached hydrogens (tertiary/aromatic N) is 1. The standard InChI is InChI=1S/C17H25NO/c1-16(2,3)13-8-7-12-9-15(17(4,5)6)18(11-19)14(12)10-13/h7-10,19H,11H2,1-6H3. The number of aliphatic hydroxyl groups is 1. The third-order valence-corrected chi connectivity index (χ3v) is 3.68. The Kier molecular flexibility index (Phi) is 3.26. The molecule has 0 saturated heterocycles. The van der Waals surface area contributed by atoms with E-state index in [-0.39, 0.29) is 17.6 Å². The lowest BCUT2D eigenvalue weighted by molar-refractivity contribution is 0.207. The predicted molar refractivity (Wildman–Crippen MR) is 81.6 cm³/mol. The van der Waals surface area contributed by atoms with Gasteiger partial charge in [-0.05, 0) is 28.5 Å². The summed E-state index contributed by atoms with van der Waals surface area (Å²) in [4.78, 5) is 0. The molecule has 1 aromatic heterocycles. The molecule has 0 bridgehead atoms. The third kappa shape index (κ3) is 2.55. The lowest BCUT2D eigenvalue weighted by atomic mass is 9.87. The minimum absolute atomic E-state index is 0.0314. The van der Waals surface area contributed by atoms with Crippen molar-refractivity contribution < 1.29 is 5.11 Å². The van der Waals surface area contributed by atoms with Gasteiger partial charge < -0.3 is 9.67 Å². The SMILES string of the molecule is CC(C)(C)c1ccc2cc(C(C)(C)C)n(CO)c2c1. The average Bonchev–Trinajstić information content (AvgIpc) is 2.64. The quantitative estimate of drug-likeness (QED) is 0.816. The molecule has 0 amide bonds. The van der Waals surface area contributed by atoms with Crippen molar-refractivity contribution in [2.45, 2.75) is 59.1 Å². The molecule has 1 heterocycles. The van der Waals surface area contributed by atoms with Crippen molar-refractivity contribution in [3.63, 3.8) is 0 Å². The highest BCUT2D eigenvalue weighted by Gasteiger charge is 2.22. The first-order chi connectivity index (χ1) is 8.64. The molecule has 0 saturated carbocycles. The number of aliphatic hydroxyl groups excluding tert-OH is 1. The molecule has 1 N–H and O–H groups in total. The van der Waals surface area contributed by atoms with E-state index < -0.39 is 0 Å². The minimum Gasteiger partial charge on any atom is -0.376 e. The van der Waals surface area contributed by atoms with Crippen molar-refractivity contribution in [3.05, 3.63) is 35.5 Å². The van der Waals surface area contributed by atoms with Gasteiger partial charge in [0.15, 0.2) is 0 Å². The number of hydrogen-bond donors (Lipinski definition) is 1. The van der Waals surface area contributed by atoms with Crippen molar-refractivity contribution in [2.75, 3.05) is 0 Å². The number of hydrogen-bond acceptors (Lipinski definition) is 1. The first kappa shape index (κ1) is 14.1. The van der Waals surface area contributed by atoms with E-state index in [1.54, 1.807) is 0 Å². The zero-order chi connectivity index (χ0) is 14.4. The third-order valence-electron chi connectivity index (χ3n) is 3.68. The Morgan fingerprint density at radius 2 is 1.58 bits per heavy atom. The fourth-order valence-corrected chi connectivity index (χ4v) is 2.49. The summed E-state index contributed by atoms with van der Waals surface area (Å²) < 4.78 is 2.02. The van der Waals surface area contributed by atoms with Gasteiger partial charge in [-0.25, -0.2) is 0 Å². The maximum atomic E-state index is 9.73. The molecule has 2 heteroatoms. The fourth-order valence-electron chi connectivity index (χ4n) is 2.49. The van der Waals surface area contributed by atoms with Crippen LogP contribution in [0, 0.1) is 0 Å². The van der Waals surface area contributed by atoms with Gasteiger partial charge in [0, 0.05) is 11.1 Å². The van der Waals surface area contributed by atoms with E-state index in [0.717, 1.165) is 5.52 Å². The molecule has 0 aliphatic heterocycles. The van der Waals surface area contributed by atoms with Crippen molar-refractivity contribution in [1.82, 2.24) is 4.57 Å². The topological polar surface area (TPSA) is 25.2 Å². The highest BCUT2D eigenvalue weighted by Crippen LogP contribution is 2.32. The van der Waals surface area contributed by atoms with Gasteiger partial charge in [-0.3, -0.25) is 0 Å². The Balaban J connectivity index is 2.72. The van der Waals surface area contributed by atoms with Crippen molar-refractivity contribution in [2.24, 2.45) is 0 Å². The van der Waals surface area contributed by atoms with E-state index >= 15 is 0 Å². The van der Waals surface area contributed by atoms with E-state index in [1.807, 2.05) is 4.57 Å². The molecule has 2 aromatic rings. The molecule has 0 fully saturated rings. The molecular formula is C17H25NO. The molecule has 2 nitrogen and oxygen atoms in total. The summed E-state index contributed by atoms with van der Waals surface area (Å²) in [5.41, 5.74) is 3.76. The molecule has 19 heavy (non-hydrogen) atoms. The summed E-state index contributed by atoms with van der Waals surface area (Å²) in [7, 11) is 0. The zero-order valence-electron chi connectivity index (χ0n) is 12.9. The van der Waals surface area contributed by atoms with Crippen LogP contribution in [0.15, 0.2) is 24.3 Å². The second kappa shape index (κ2) is 4.38. The zero-order valence-corrected chi connectivity index (χ0v) is 12.9. The largest absolute Gasteiger partial charge is 0.376 e. The van der Waals surface area contributed by atoms with Crippen LogP contribution in [-0.4, -0.2) is 9.67 Å². The van der Waals surface area contributed by atoms with Gasteiger partial charge in [-0.1, -0.05) is 53.7 Å². The second-order valence-corrected chi connectivity index (χ2v) is 7.37. The van der Waals surface area contributed by atoms with Gasteiger partial charge in [-0.2, -0.15) is 0 Å². The van der Waals surface area contributed by atoms with Crippen LogP contribution in [0.2, 0.25) is 0 Å². The van der Waals surface area contributed by atoms with Gasteiger partial charge in [0.25, 0.3) is 0 Å². The smallest absolute Gasteiger partial charge is 0.119 e. The van der Waals surface area contributed by atoms with Crippen molar-refractivity contribution in [1.29, 1.82) is 0 Å². The minimum atomic E-state index is 0.0314. The highest BCUT2D eigenvalue weighted by molar-refractivity contribution is 5.82. The maximum absolute atomic E-state index is 9.73. The van der Waals surface area contributed by atoms with Gasteiger partial charge in [0.2, 0.25) is 0 Å². The maximum Gasteiger partial charge on any atom is 0.119 e. The first-order valence-corrected chi connectivity index (χ1v) is 6.90. The molecule has 1 aromatic carbocycles. The number of fused-ring (bicyclic) bond motifs is 1. The Morgan fingerprint density at radius 3 is 2.05 bits per heavy atom. The fraction of sp³-hybridized carbons (Fsp3) is 0.529. The number of aromatic nitrogens is 1. The normalized spacial score (nSPS) is 13.2. The van der Waals surface area contributed by atoms with Crippen LogP contribution in [0.1, 0.15) is 52.8 Å². The second-order valence-electron chi connectivity index (χ2n) is 7.37. The van der Waals surface area contributed by atoms with Gasteiger partial charge in [-0.15, -0.1) is 0 Å². The van der Waals surface area contributed by atoms with E-state index in [4.69, 9.17) is 0 Å². The molecule has 0 aliphatic carbocycles. The highest BCUT2D eigenvalue weighted by atomic mass is 16.3. The molecule has 2 rings (SSSR count). The van der Waals surface area contributed by atoms with E-state index in [1.165, 1.54) is 16.6 Å². The lowest BCUT2D eigenvalue weighted by Crippen LogP contribution is -2.17.